The van der Waals surface area contributed by atoms with Crippen LogP contribution < -0.4 is 10.6 Å². The summed E-state index contributed by atoms with van der Waals surface area (Å²) in [5, 5.41) is 14.1. The molecular weight excluding hydrogens is 396 g/mol. The van der Waals surface area contributed by atoms with Crippen molar-refractivity contribution < 1.29 is 24.2 Å². The average Bonchev–Trinajstić information content (AvgIpc) is 3.07. The van der Waals surface area contributed by atoms with Crippen LogP contribution in [0.2, 0.25) is 0 Å². The van der Waals surface area contributed by atoms with Crippen LogP contribution in [0.25, 0.3) is 11.1 Å². The number of ether oxygens (including phenoxy) is 1. The molecule has 0 aromatic heterocycles. The molecule has 0 spiro atoms. The third-order valence-electron chi connectivity index (χ3n) is 5.26. The highest BCUT2D eigenvalue weighted by Crippen LogP contribution is 2.44. The summed E-state index contributed by atoms with van der Waals surface area (Å²) in [7, 11) is 0. The van der Waals surface area contributed by atoms with Gasteiger partial charge in [0, 0.05) is 25.1 Å². The highest BCUT2D eigenvalue weighted by molar-refractivity contribution is 5.88. The summed E-state index contributed by atoms with van der Waals surface area (Å²) in [5.41, 5.74) is 3.54. The normalized spacial score (nSPS) is 12.8. The topological polar surface area (TPSA) is 105 Å². The molecule has 0 radical (unpaired) electrons. The number of hydrogen-bond acceptors (Lipinski definition) is 4. The number of carbonyl (C=O) groups excluding carboxylic acids is 2. The lowest BCUT2D eigenvalue weighted by molar-refractivity contribution is -0.146. The maximum Gasteiger partial charge on any atom is 0.407 e. The number of rotatable bonds is 8. The summed E-state index contributed by atoms with van der Waals surface area (Å²) in [6, 6.07) is 16.2. The summed E-state index contributed by atoms with van der Waals surface area (Å²) in [5.74, 6) is -1.44. The van der Waals surface area contributed by atoms with Gasteiger partial charge in [0.15, 0.2) is 0 Å². The molecule has 0 aliphatic heterocycles. The van der Waals surface area contributed by atoms with Crippen molar-refractivity contribution in [1.29, 1.82) is 0 Å². The van der Waals surface area contributed by atoms with E-state index in [4.69, 9.17) is 9.84 Å². The Bertz CT molecular complexity index is 967. The van der Waals surface area contributed by atoms with E-state index < -0.39 is 23.4 Å². The van der Waals surface area contributed by atoms with Gasteiger partial charge in [-0.1, -0.05) is 54.6 Å². The average molecular weight is 422 g/mol. The number of carboxylic acids is 1. The largest absolute Gasteiger partial charge is 0.481 e. The Morgan fingerprint density at radius 2 is 1.58 bits per heavy atom. The van der Waals surface area contributed by atoms with Crippen LogP contribution in [0, 0.1) is 5.41 Å². The standard InChI is InChI=1S/C24H26N2O5/c1-24(2,22(28)29)15-26-21(27)12-7-13-25-23(30)31-14-20-18-10-5-3-8-16(18)17-9-4-6-11-19(17)20/h3-12,20H,13-15H2,1-2H3,(H,25,30)(H,26,27)(H,28,29)/b12-7+. The van der Waals surface area contributed by atoms with E-state index >= 15 is 0 Å². The molecule has 2 amide bonds. The molecule has 7 nitrogen and oxygen atoms in total. The summed E-state index contributed by atoms with van der Waals surface area (Å²) in [6.07, 6.45) is 2.16. The SMILES string of the molecule is CC(C)(CNC(=O)/C=C/CNC(=O)OCC1c2ccccc2-c2ccccc21)C(=O)O. The second-order valence-electron chi connectivity index (χ2n) is 8.02. The maximum absolute atomic E-state index is 12.1. The van der Waals surface area contributed by atoms with Gasteiger partial charge in [0.05, 0.1) is 5.41 Å². The molecule has 31 heavy (non-hydrogen) atoms. The van der Waals surface area contributed by atoms with Gasteiger partial charge in [-0.15, -0.1) is 0 Å². The zero-order valence-corrected chi connectivity index (χ0v) is 17.6. The van der Waals surface area contributed by atoms with E-state index in [1.165, 1.54) is 26.0 Å². The Kier molecular flexibility index (Phi) is 6.74. The van der Waals surface area contributed by atoms with Crippen LogP contribution in [0.15, 0.2) is 60.7 Å². The predicted octanol–water partition coefficient (Wildman–Crippen LogP) is 3.31. The highest BCUT2D eigenvalue weighted by Gasteiger charge is 2.29. The lowest BCUT2D eigenvalue weighted by Crippen LogP contribution is -2.38. The predicted molar refractivity (Wildman–Crippen MR) is 117 cm³/mol. The van der Waals surface area contributed by atoms with Crippen LogP contribution in [-0.2, 0) is 14.3 Å². The molecule has 0 unspecified atom stereocenters. The van der Waals surface area contributed by atoms with Gasteiger partial charge in [-0.05, 0) is 36.1 Å². The lowest BCUT2D eigenvalue weighted by Gasteiger charge is -2.18. The Hall–Kier alpha value is -3.61. The van der Waals surface area contributed by atoms with E-state index in [9.17, 15) is 14.4 Å². The number of carbonyl (C=O) groups is 3. The van der Waals surface area contributed by atoms with Crippen LogP contribution in [-0.4, -0.2) is 42.8 Å². The fourth-order valence-electron chi connectivity index (χ4n) is 3.40. The number of amides is 2. The third-order valence-corrected chi connectivity index (χ3v) is 5.26. The van der Waals surface area contributed by atoms with Crippen LogP contribution in [0.5, 0.6) is 0 Å². The molecule has 0 atom stereocenters. The number of carboxylic acid groups (broad SMARTS) is 1. The molecule has 3 rings (SSSR count). The number of fused-ring (bicyclic) bond motifs is 3. The van der Waals surface area contributed by atoms with E-state index in [-0.39, 0.29) is 25.6 Å². The Morgan fingerprint density at radius 3 is 2.16 bits per heavy atom. The molecule has 0 heterocycles. The fraction of sp³-hybridized carbons (Fsp3) is 0.292. The van der Waals surface area contributed by atoms with Crippen LogP contribution in [0.1, 0.15) is 30.9 Å². The van der Waals surface area contributed by atoms with Gasteiger partial charge in [-0.25, -0.2) is 4.79 Å². The molecule has 2 aromatic carbocycles. The summed E-state index contributed by atoms with van der Waals surface area (Å²) < 4.78 is 5.42. The maximum atomic E-state index is 12.1. The van der Waals surface area contributed by atoms with Gasteiger partial charge in [0.2, 0.25) is 5.91 Å². The Morgan fingerprint density at radius 1 is 1.00 bits per heavy atom. The molecule has 0 bridgehead atoms. The van der Waals surface area contributed by atoms with Gasteiger partial charge in [0.1, 0.15) is 6.61 Å². The number of benzene rings is 2. The number of alkyl carbamates (subject to hydrolysis) is 1. The summed E-state index contributed by atoms with van der Waals surface area (Å²) in [4.78, 5) is 34.9. The minimum absolute atomic E-state index is 0.00527. The molecule has 0 fully saturated rings. The zero-order valence-electron chi connectivity index (χ0n) is 17.6. The first-order valence-corrected chi connectivity index (χ1v) is 10.1. The monoisotopic (exact) mass is 422 g/mol. The molecular formula is C24H26N2O5. The molecule has 0 saturated carbocycles. The van der Waals surface area contributed by atoms with E-state index in [1.54, 1.807) is 0 Å². The first-order chi connectivity index (χ1) is 14.8. The van der Waals surface area contributed by atoms with Gasteiger partial charge in [0.25, 0.3) is 0 Å². The van der Waals surface area contributed by atoms with Crippen LogP contribution >= 0.6 is 0 Å². The van der Waals surface area contributed by atoms with Gasteiger partial charge >= 0.3 is 12.1 Å². The summed E-state index contributed by atoms with van der Waals surface area (Å²) >= 11 is 0. The van der Waals surface area contributed by atoms with E-state index in [0.29, 0.717) is 0 Å². The Balaban J connectivity index is 1.46. The third kappa shape index (κ3) is 5.31. The molecule has 1 aliphatic carbocycles. The van der Waals surface area contributed by atoms with Crippen molar-refractivity contribution in [2.75, 3.05) is 19.7 Å². The molecule has 1 aliphatic rings. The first-order valence-electron chi connectivity index (χ1n) is 10.1. The number of hydrogen-bond donors (Lipinski definition) is 3. The molecule has 3 N–H and O–H groups in total. The quantitative estimate of drug-likeness (QED) is 0.566. The molecule has 7 heteroatoms. The zero-order chi connectivity index (χ0) is 22.4. The molecule has 2 aromatic rings. The summed E-state index contributed by atoms with van der Waals surface area (Å²) in [6.45, 7) is 3.39. The van der Waals surface area contributed by atoms with Crippen molar-refractivity contribution in [3.8, 4) is 11.1 Å². The van der Waals surface area contributed by atoms with Crippen molar-refractivity contribution in [2.45, 2.75) is 19.8 Å². The highest BCUT2D eigenvalue weighted by atomic mass is 16.5. The van der Waals surface area contributed by atoms with E-state index in [1.807, 2.05) is 36.4 Å². The van der Waals surface area contributed by atoms with Gasteiger partial charge in [-0.2, -0.15) is 0 Å². The number of nitrogens with one attached hydrogen (secondary N) is 2. The minimum Gasteiger partial charge on any atom is -0.481 e. The number of aliphatic carboxylic acids is 1. The van der Waals surface area contributed by atoms with E-state index in [2.05, 4.69) is 22.8 Å². The van der Waals surface area contributed by atoms with Gasteiger partial charge < -0.3 is 20.5 Å². The van der Waals surface area contributed by atoms with Crippen molar-refractivity contribution in [3.63, 3.8) is 0 Å². The van der Waals surface area contributed by atoms with Crippen molar-refractivity contribution in [2.24, 2.45) is 5.41 Å². The second-order valence-corrected chi connectivity index (χ2v) is 8.02. The first kappa shape index (κ1) is 22.1. The lowest BCUT2D eigenvalue weighted by atomic mass is 9.94. The van der Waals surface area contributed by atoms with Crippen molar-refractivity contribution in [3.05, 3.63) is 71.8 Å². The smallest absolute Gasteiger partial charge is 0.407 e. The van der Waals surface area contributed by atoms with Crippen LogP contribution in [0.4, 0.5) is 4.79 Å². The van der Waals surface area contributed by atoms with Crippen molar-refractivity contribution in [1.82, 2.24) is 10.6 Å². The van der Waals surface area contributed by atoms with Gasteiger partial charge in [-0.3, -0.25) is 9.59 Å². The Labute approximate surface area is 181 Å². The van der Waals surface area contributed by atoms with Crippen molar-refractivity contribution >= 4 is 18.0 Å². The minimum atomic E-state index is -1.05. The molecule has 0 saturated heterocycles. The second kappa shape index (κ2) is 9.47. The van der Waals surface area contributed by atoms with Crippen LogP contribution in [0.3, 0.4) is 0 Å². The van der Waals surface area contributed by atoms with E-state index in [0.717, 1.165) is 22.3 Å². The fourth-order valence-corrected chi connectivity index (χ4v) is 3.40. The molecule has 162 valence electrons.